The van der Waals surface area contributed by atoms with Gasteiger partial charge in [-0.2, -0.15) is 4.98 Å². The van der Waals surface area contributed by atoms with E-state index in [1.807, 2.05) is 24.0 Å². The topological polar surface area (TPSA) is 135 Å². The molecule has 218 valence electrons. The maximum atomic E-state index is 13.7. The first-order valence-electron chi connectivity index (χ1n) is 14.3. The maximum Gasteiger partial charge on any atom is 0.244 e. The number of benzene rings is 1. The first-order valence-corrected chi connectivity index (χ1v) is 14.6. The number of anilines is 4. The summed E-state index contributed by atoms with van der Waals surface area (Å²) < 4.78 is 11.4. The fourth-order valence-electron chi connectivity index (χ4n) is 6.91. The molecule has 2 aliphatic heterocycles. The van der Waals surface area contributed by atoms with Crippen molar-refractivity contribution < 1.29 is 19.1 Å². The highest BCUT2D eigenvalue weighted by Crippen LogP contribution is 2.45. The molecule has 12 heteroatoms. The second-order valence-electron chi connectivity index (χ2n) is 11.0. The SMILES string of the molecule is CCN1C(=O)[C@@H](N2CCOCC2)CCc2c1ccc(Nc1ncc(Cl)c(N[C@H]3[C@@H](C(N)=O)[C@@H]4C=C[C@H]3C4)n1)c2OC. The van der Waals surface area contributed by atoms with Gasteiger partial charge in [0.1, 0.15) is 10.8 Å². The summed E-state index contributed by atoms with van der Waals surface area (Å²) in [7, 11) is 1.63. The number of morpholine rings is 1. The Labute approximate surface area is 244 Å². The highest BCUT2D eigenvalue weighted by atomic mass is 35.5. The van der Waals surface area contributed by atoms with Crippen LogP contribution in [0.2, 0.25) is 5.02 Å². The van der Waals surface area contributed by atoms with Crippen LogP contribution in [0.5, 0.6) is 5.75 Å². The van der Waals surface area contributed by atoms with E-state index in [9.17, 15) is 9.59 Å². The van der Waals surface area contributed by atoms with Crippen molar-refractivity contribution in [2.75, 3.05) is 55.5 Å². The molecule has 2 aliphatic carbocycles. The molecule has 41 heavy (non-hydrogen) atoms. The first kappa shape index (κ1) is 27.7. The van der Waals surface area contributed by atoms with Gasteiger partial charge in [0.2, 0.25) is 17.8 Å². The summed E-state index contributed by atoms with van der Waals surface area (Å²) in [6, 6.07) is 3.46. The number of rotatable bonds is 8. The Morgan fingerprint density at radius 1 is 1.24 bits per heavy atom. The molecule has 2 fully saturated rings. The molecule has 4 N–H and O–H groups in total. The third kappa shape index (κ3) is 5.11. The lowest BCUT2D eigenvalue weighted by Crippen LogP contribution is -2.51. The molecule has 0 spiro atoms. The van der Waals surface area contributed by atoms with Crippen molar-refractivity contribution in [3.05, 3.63) is 41.1 Å². The predicted octanol–water partition coefficient (Wildman–Crippen LogP) is 2.97. The lowest BCUT2D eigenvalue weighted by Gasteiger charge is -2.35. The Morgan fingerprint density at radius 3 is 2.76 bits per heavy atom. The fourth-order valence-corrected chi connectivity index (χ4v) is 7.06. The van der Waals surface area contributed by atoms with Gasteiger partial charge in [-0.15, -0.1) is 0 Å². The zero-order valence-electron chi connectivity index (χ0n) is 23.3. The van der Waals surface area contributed by atoms with E-state index in [-0.39, 0.29) is 41.7 Å². The van der Waals surface area contributed by atoms with Crippen LogP contribution in [-0.2, 0) is 20.7 Å². The van der Waals surface area contributed by atoms with Crippen LogP contribution in [0.15, 0.2) is 30.5 Å². The normalized spacial score (nSPS) is 27.4. The summed E-state index contributed by atoms with van der Waals surface area (Å²) >= 11 is 6.48. The monoisotopic (exact) mass is 581 g/mol. The van der Waals surface area contributed by atoms with Crippen LogP contribution in [-0.4, -0.2) is 78.7 Å². The van der Waals surface area contributed by atoms with Crippen molar-refractivity contribution in [2.45, 2.75) is 38.3 Å². The second-order valence-corrected chi connectivity index (χ2v) is 11.4. The van der Waals surface area contributed by atoms with Crippen molar-refractivity contribution in [1.29, 1.82) is 0 Å². The van der Waals surface area contributed by atoms with Crippen molar-refractivity contribution >= 4 is 46.6 Å². The van der Waals surface area contributed by atoms with Gasteiger partial charge in [0.05, 0.1) is 49.9 Å². The van der Waals surface area contributed by atoms with Crippen LogP contribution < -0.4 is 26.0 Å². The summed E-state index contributed by atoms with van der Waals surface area (Å²) in [6.07, 6.45) is 7.99. The average molecular weight is 582 g/mol. The van der Waals surface area contributed by atoms with E-state index in [1.165, 1.54) is 6.20 Å². The lowest BCUT2D eigenvalue weighted by molar-refractivity contribution is -0.125. The van der Waals surface area contributed by atoms with Gasteiger partial charge in [0, 0.05) is 31.2 Å². The molecule has 2 aromatic rings. The predicted molar refractivity (Wildman–Crippen MR) is 157 cm³/mol. The maximum absolute atomic E-state index is 13.7. The minimum Gasteiger partial charge on any atom is -0.494 e. The molecule has 3 heterocycles. The minimum atomic E-state index is -0.326. The number of fused-ring (bicyclic) bond motifs is 3. The third-order valence-electron chi connectivity index (χ3n) is 8.83. The van der Waals surface area contributed by atoms with Gasteiger partial charge in [0.25, 0.3) is 0 Å². The molecule has 0 unspecified atom stereocenters. The molecule has 2 bridgehead atoms. The summed E-state index contributed by atoms with van der Waals surface area (Å²) in [5.74, 6) is 1.20. The molecule has 11 nitrogen and oxygen atoms in total. The van der Waals surface area contributed by atoms with E-state index < -0.39 is 0 Å². The van der Waals surface area contributed by atoms with Crippen molar-refractivity contribution in [3.63, 3.8) is 0 Å². The molecule has 2 amide bonds. The molecule has 1 saturated heterocycles. The zero-order valence-corrected chi connectivity index (χ0v) is 24.1. The number of nitrogens with two attached hydrogens (primary N) is 1. The highest BCUT2D eigenvalue weighted by Gasteiger charge is 2.47. The van der Waals surface area contributed by atoms with Gasteiger partial charge in [0.15, 0.2) is 5.82 Å². The number of ether oxygens (including phenoxy) is 2. The van der Waals surface area contributed by atoms with Crippen molar-refractivity contribution in [3.8, 4) is 5.75 Å². The van der Waals surface area contributed by atoms with E-state index in [2.05, 4.69) is 37.7 Å². The number of likely N-dealkylation sites (N-methyl/N-ethyl adjacent to an activating group) is 1. The summed E-state index contributed by atoms with van der Waals surface area (Å²) in [6.45, 7) is 5.32. The van der Waals surface area contributed by atoms with E-state index in [0.29, 0.717) is 60.8 Å². The molecule has 6 rings (SSSR count). The fraction of sp³-hybridized carbons (Fsp3) is 0.517. The van der Waals surface area contributed by atoms with Gasteiger partial charge in [-0.1, -0.05) is 23.8 Å². The Hall–Kier alpha value is -3.41. The van der Waals surface area contributed by atoms with Gasteiger partial charge < -0.3 is 30.7 Å². The number of methoxy groups -OCH3 is 1. The van der Waals surface area contributed by atoms with E-state index >= 15 is 0 Å². The Kier molecular flexibility index (Phi) is 7.76. The van der Waals surface area contributed by atoms with Gasteiger partial charge in [-0.05, 0) is 50.2 Å². The summed E-state index contributed by atoms with van der Waals surface area (Å²) in [4.78, 5) is 39.0. The van der Waals surface area contributed by atoms with Gasteiger partial charge >= 0.3 is 0 Å². The number of amides is 2. The quantitative estimate of drug-likeness (QED) is 0.402. The zero-order chi connectivity index (χ0) is 28.7. The number of carbonyl (C=O) groups excluding carboxylic acids is 2. The van der Waals surface area contributed by atoms with Crippen molar-refractivity contribution in [2.24, 2.45) is 23.5 Å². The lowest BCUT2D eigenvalue weighted by atomic mass is 9.88. The smallest absolute Gasteiger partial charge is 0.244 e. The molecule has 1 aromatic carbocycles. The minimum absolute atomic E-state index is 0.109. The molecular weight excluding hydrogens is 546 g/mol. The van der Waals surface area contributed by atoms with Gasteiger partial charge in [-0.3, -0.25) is 14.5 Å². The number of hydrogen-bond donors (Lipinski definition) is 3. The standard InChI is InChI=1S/C29H36ClN7O4/c1-3-37-21-9-7-20(25(40-2)18(21)6-8-22(28(37)39)36-10-12-41-13-11-36)33-29-32-15-19(30)27(35-29)34-24-17-5-4-16(14-17)23(24)26(31)38/h4-5,7,9,15-17,22-24H,3,6,8,10-14H2,1-2H3,(H2,31,38)(H2,32,33,34,35)/t16-,17+,22+,23+,24-/m1/s1. The Balaban J connectivity index is 1.26. The molecule has 5 atom stereocenters. The molecule has 1 saturated carbocycles. The van der Waals surface area contributed by atoms with Crippen LogP contribution >= 0.6 is 11.6 Å². The van der Waals surface area contributed by atoms with Crippen molar-refractivity contribution in [1.82, 2.24) is 14.9 Å². The Morgan fingerprint density at radius 2 is 2.02 bits per heavy atom. The van der Waals surface area contributed by atoms with E-state index in [4.69, 9.17) is 26.8 Å². The number of hydrogen-bond acceptors (Lipinski definition) is 9. The Bertz CT molecular complexity index is 1360. The number of allylic oxidation sites excluding steroid dienone is 1. The van der Waals surface area contributed by atoms with Crippen LogP contribution in [0.25, 0.3) is 0 Å². The number of carbonyl (C=O) groups is 2. The van der Waals surface area contributed by atoms with Crippen LogP contribution in [0.1, 0.15) is 25.3 Å². The number of nitrogens with one attached hydrogen (secondary N) is 2. The van der Waals surface area contributed by atoms with E-state index in [0.717, 1.165) is 30.8 Å². The first-order chi connectivity index (χ1) is 19.9. The van der Waals surface area contributed by atoms with Crippen LogP contribution in [0.3, 0.4) is 0 Å². The van der Waals surface area contributed by atoms with E-state index in [1.54, 1.807) is 7.11 Å². The highest BCUT2D eigenvalue weighted by molar-refractivity contribution is 6.32. The number of primary amides is 1. The third-order valence-corrected chi connectivity index (χ3v) is 9.11. The molecule has 1 aromatic heterocycles. The number of aromatic nitrogens is 2. The van der Waals surface area contributed by atoms with Crippen LogP contribution in [0, 0.1) is 17.8 Å². The van der Waals surface area contributed by atoms with Crippen LogP contribution in [0.4, 0.5) is 23.1 Å². The van der Waals surface area contributed by atoms with Gasteiger partial charge in [-0.25, -0.2) is 4.98 Å². The molecule has 4 aliphatic rings. The second kappa shape index (κ2) is 11.5. The average Bonchev–Trinajstić information content (AvgIpc) is 3.55. The largest absolute Gasteiger partial charge is 0.494 e. The summed E-state index contributed by atoms with van der Waals surface area (Å²) in [5.41, 5.74) is 8.25. The number of nitrogens with zero attached hydrogens (tertiary/aromatic N) is 4. The number of halogens is 1. The summed E-state index contributed by atoms with van der Waals surface area (Å²) in [5, 5.41) is 7.02. The molecule has 0 radical (unpaired) electrons. The molecular formula is C29H36ClN7O4.